The van der Waals surface area contributed by atoms with Gasteiger partial charge in [0.2, 0.25) is 0 Å². The summed E-state index contributed by atoms with van der Waals surface area (Å²) in [5.74, 6) is 0. The third-order valence-corrected chi connectivity index (χ3v) is 4.85. The quantitative estimate of drug-likeness (QED) is 0.563. The minimum Gasteiger partial charge on any atom is -0.0879 e. The average molecular weight is 190 g/mol. The van der Waals surface area contributed by atoms with Crippen LogP contribution in [0.15, 0.2) is 24.3 Å². The maximum Gasteiger partial charge on any atom is -0.0169 e. The molecule has 0 amide bonds. The van der Waals surface area contributed by atoms with Crippen molar-refractivity contribution in [3.63, 3.8) is 0 Å². The molecule has 2 aliphatic rings. The zero-order chi connectivity index (χ0) is 10.1. The molecular weight excluding hydrogens is 168 g/mol. The largest absolute Gasteiger partial charge is 0.0879 e. The highest BCUT2D eigenvalue weighted by atomic mass is 14.5. The van der Waals surface area contributed by atoms with Crippen molar-refractivity contribution in [3.05, 3.63) is 24.3 Å². The van der Waals surface area contributed by atoms with Gasteiger partial charge >= 0.3 is 0 Å². The van der Waals surface area contributed by atoms with Crippen molar-refractivity contribution in [3.8, 4) is 0 Å². The second-order valence-corrected chi connectivity index (χ2v) is 5.03. The van der Waals surface area contributed by atoms with Gasteiger partial charge < -0.3 is 0 Å². The van der Waals surface area contributed by atoms with Gasteiger partial charge in [-0.2, -0.15) is 0 Å². The van der Waals surface area contributed by atoms with Gasteiger partial charge in [-0.3, -0.25) is 0 Å². The molecule has 2 rings (SSSR count). The Morgan fingerprint density at radius 3 is 1.21 bits per heavy atom. The van der Waals surface area contributed by atoms with Crippen LogP contribution < -0.4 is 0 Å². The zero-order valence-electron chi connectivity index (χ0n) is 9.55. The summed E-state index contributed by atoms with van der Waals surface area (Å²) in [5.41, 5.74) is 1.18. The van der Waals surface area contributed by atoms with E-state index >= 15 is 0 Å². The third kappa shape index (κ3) is 1.20. The van der Waals surface area contributed by atoms with Crippen LogP contribution in [0.5, 0.6) is 0 Å². The molecule has 0 spiro atoms. The van der Waals surface area contributed by atoms with Gasteiger partial charge in [-0.1, -0.05) is 38.2 Å². The standard InChI is InChI=1S/C14H22/c1-3-13-9-5-7-11-14(13,4-2)12-8-6-10-13/h5-8H,3-4,9-12H2,1-2H3. The van der Waals surface area contributed by atoms with Crippen LogP contribution in [0.1, 0.15) is 52.4 Å². The van der Waals surface area contributed by atoms with Gasteiger partial charge in [-0.25, -0.2) is 0 Å². The molecule has 78 valence electrons. The molecule has 0 heteroatoms. The summed E-state index contributed by atoms with van der Waals surface area (Å²) < 4.78 is 0. The molecule has 0 radical (unpaired) electrons. The molecule has 0 N–H and O–H groups in total. The second-order valence-electron chi connectivity index (χ2n) is 5.03. The lowest BCUT2D eigenvalue weighted by Crippen LogP contribution is -2.43. The molecular formula is C14H22. The molecule has 0 saturated heterocycles. The summed E-state index contributed by atoms with van der Waals surface area (Å²) in [6, 6.07) is 0. The molecule has 14 heavy (non-hydrogen) atoms. The van der Waals surface area contributed by atoms with E-state index < -0.39 is 0 Å². The van der Waals surface area contributed by atoms with Gasteiger partial charge in [0.25, 0.3) is 0 Å². The maximum atomic E-state index is 2.41. The highest BCUT2D eigenvalue weighted by molar-refractivity contribution is 5.16. The highest BCUT2D eigenvalue weighted by Gasteiger charge is 2.48. The Balaban J connectivity index is 2.39. The molecule has 0 saturated carbocycles. The Kier molecular flexibility index (Phi) is 2.55. The van der Waals surface area contributed by atoms with E-state index in [4.69, 9.17) is 0 Å². The zero-order valence-corrected chi connectivity index (χ0v) is 9.55. The van der Waals surface area contributed by atoms with Crippen LogP contribution in [0.4, 0.5) is 0 Å². The van der Waals surface area contributed by atoms with Crippen LogP contribution in [-0.4, -0.2) is 0 Å². The van der Waals surface area contributed by atoms with E-state index in [1.54, 1.807) is 0 Å². The van der Waals surface area contributed by atoms with Crippen molar-refractivity contribution in [2.24, 2.45) is 10.8 Å². The molecule has 0 unspecified atom stereocenters. The SMILES string of the molecule is CCC12CC=CCC1(CC)CC=CC2. The van der Waals surface area contributed by atoms with Crippen molar-refractivity contribution >= 4 is 0 Å². The highest BCUT2D eigenvalue weighted by Crippen LogP contribution is 2.58. The summed E-state index contributed by atoms with van der Waals surface area (Å²) >= 11 is 0. The van der Waals surface area contributed by atoms with Gasteiger partial charge in [0, 0.05) is 0 Å². The van der Waals surface area contributed by atoms with Gasteiger partial charge in [0.15, 0.2) is 0 Å². The molecule has 0 aliphatic heterocycles. The molecule has 0 heterocycles. The summed E-state index contributed by atoms with van der Waals surface area (Å²) in [6.45, 7) is 4.76. The van der Waals surface area contributed by atoms with E-state index in [9.17, 15) is 0 Å². The first kappa shape index (κ1) is 10.0. The van der Waals surface area contributed by atoms with E-state index in [2.05, 4.69) is 38.2 Å². The number of fused-ring (bicyclic) bond motifs is 1. The maximum absolute atomic E-state index is 2.41. The van der Waals surface area contributed by atoms with Crippen LogP contribution in [0.2, 0.25) is 0 Å². The molecule has 0 aromatic rings. The summed E-state index contributed by atoms with van der Waals surface area (Å²) in [4.78, 5) is 0. The predicted octanol–water partition coefficient (Wildman–Crippen LogP) is 4.48. The van der Waals surface area contributed by atoms with Crippen LogP contribution in [0.25, 0.3) is 0 Å². The number of rotatable bonds is 2. The van der Waals surface area contributed by atoms with E-state index in [1.807, 2.05) is 0 Å². The van der Waals surface area contributed by atoms with Crippen molar-refractivity contribution in [2.45, 2.75) is 52.4 Å². The van der Waals surface area contributed by atoms with Crippen LogP contribution in [0, 0.1) is 10.8 Å². The molecule has 0 fully saturated rings. The fourth-order valence-electron chi connectivity index (χ4n) is 3.60. The first-order chi connectivity index (χ1) is 6.79. The Hall–Kier alpha value is -0.520. The minimum absolute atomic E-state index is 0.589. The lowest BCUT2D eigenvalue weighted by molar-refractivity contribution is 0.0162. The van der Waals surface area contributed by atoms with Crippen LogP contribution >= 0.6 is 0 Å². The molecule has 0 bridgehead atoms. The van der Waals surface area contributed by atoms with Gasteiger partial charge in [0.1, 0.15) is 0 Å². The van der Waals surface area contributed by atoms with Crippen molar-refractivity contribution < 1.29 is 0 Å². The molecule has 0 aromatic heterocycles. The number of hydrogen-bond donors (Lipinski definition) is 0. The first-order valence-corrected chi connectivity index (χ1v) is 6.09. The van der Waals surface area contributed by atoms with Crippen molar-refractivity contribution in [2.75, 3.05) is 0 Å². The number of allylic oxidation sites excluding steroid dienone is 4. The Labute approximate surface area is 88.1 Å². The van der Waals surface area contributed by atoms with Crippen molar-refractivity contribution in [1.29, 1.82) is 0 Å². The Morgan fingerprint density at radius 1 is 0.714 bits per heavy atom. The Bertz CT molecular complexity index is 213. The lowest BCUT2D eigenvalue weighted by Gasteiger charge is -2.53. The topological polar surface area (TPSA) is 0 Å². The van der Waals surface area contributed by atoms with Crippen molar-refractivity contribution in [1.82, 2.24) is 0 Å². The smallest absolute Gasteiger partial charge is 0.0169 e. The predicted molar refractivity (Wildman–Crippen MR) is 62.2 cm³/mol. The fourth-order valence-corrected chi connectivity index (χ4v) is 3.60. The molecule has 0 aromatic carbocycles. The minimum atomic E-state index is 0.589. The van der Waals surface area contributed by atoms with Gasteiger partial charge in [-0.15, -0.1) is 0 Å². The first-order valence-electron chi connectivity index (χ1n) is 6.09. The van der Waals surface area contributed by atoms with Crippen LogP contribution in [-0.2, 0) is 0 Å². The van der Waals surface area contributed by atoms with E-state index in [1.165, 1.54) is 38.5 Å². The molecule has 2 aliphatic carbocycles. The van der Waals surface area contributed by atoms with Crippen LogP contribution in [0.3, 0.4) is 0 Å². The average Bonchev–Trinajstić information content (AvgIpc) is 2.28. The lowest BCUT2D eigenvalue weighted by atomic mass is 9.51. The fraction of sp³-hybridized carbons (Fsp3) is 0.714. The third-order valence-electron chi connectivity index (χ3n) is 4.85. The Morgan fingerprint density at radius 2 is 1.00 bits per heavy atom. The number of hydrogen-bond acceptors (Lipinski definition) is 0. The van der Waals surface area contributed by atoms with Gasteiger partial charge in [0.05, 0.1) is 0 Å². The van der Waals surface area contributed by atoms with E-state index in [0.717, 1.165) is 0 Å². The monoisotopic (exact) mass is 190 g/mol. The van der Waals surface area contributed by atoms with E-state index in [0.29, 0.717) is 10.8 Å². The van der Waals surface area contributed by atoms with Gasteiger partial charge in [-0.05, 0) is 49.4 Å². The normalized spacial score (nSPS) is 41.0. The summed E-state index contributed by atoms with van der Waals surface area (Å²) in [7, 11) is 0. The summed E-state index contributed by atoms with van der Waals surface area (Å²) in [6.07, 6.45) is 17.6. The molecule has 0 atom stereocenters. The van der Waals surface area contributed by atoms with E-state index in [-0.39, 0.29) is 0 Å². The second kappa shape index (κ2) is 3.56. The summed E-state index contributed by atoms with van der Waals surface area (Å²) in [5, 5.41) is 0. The molecule has 0 nitrogen and oxygen atoms in total.